The van der Waals surface area contributed by atoms with Gasteiger partial charge >= 0.3 is 0 Å². The molecule has 0 radical (unpaired) electrons. The monoisotopic (exact) mass is 295 g/mol. The van der Waals surface area contributed by atoms with E-state index in [-0.39, 0.29) is 0 Å². The largest absolute Gasteiger partial charge is 0.339 e. The average Bonchev–Trinajstić information content (AvgIpc) is 2.85. The highest BCUT2D eigenvalue weighted by molar-refractivity contribution is 6.85. The first-order chi connectivity index (χ1) is 9.19. The summed E-state index contributed by atoms with van der Waals surface area (Å²) in [5, 5.41) is 0.301. The number of unbranched alkanes of at least 4 members (excludes halogenated alkanes) is 1. The molecule has 0 aromatic carbocycles. The molecule has 1 aliphatic rings. The Kier molecular flexibility index (Phi) is 6.05. The van der Waals surface area contributed by atoms with Crippen molar-refractivity contribution in [2.75, 3.05) is 13.1 Å². The molecule has 1 saturated heterocycles. The summed E-state index contributed by atoms with van der Waals surface area (Å²) < 4.78 is 0. The zero-order valence-electron chi connectivity index (χ0n) is 14.4. The second-order valence-electron chi connectivity index (χ2n) is 7.74. The summed E-state index contributed by atoms with van der Waals surface area (Å²) in [5.41, 5.74) is 3.49. The van der Waals surface area contributed by atoms with Crippen molar-refractivity contribution in [3.05, 3.63) is 11.3 Å². The lowest BCUT2D eigenvalue weighted by Crippen LogP contribution is -2.37. The minimum atomic E-state index is -1.54. The van der Waals surface area contributed by atoms with Crippen LogP contribution in [0.2, 0.25) is 18.1 Å². The summed E-state index contributed by atoms with van der Waals surface area (Å²) in [6.07, 6.45) is 5.58. The number of hydrogen-bond acceptors (Lipinski definition) is 1. The van der Waals surface area contributed by atoms with Gasteiger partial charge in [0.1, 0.15) is 0 Å². The highest BCUT2D eigenvalue weighted by atomic mass is 28.3. The van der Waals surface area contributed by atoms with Crippen LogP contribution in [0.5, 0.6) is 0 Å². The lowest BCUT2D eigenvalue weighted by molar-refractivity contribution is -0.126. The molecule has 1 aliphatic heterocycles. The Bertz CT molecular complexity index is 360. The van der Waals surface area contributed by atoms with E-state index in [4.69, 9.17) is 0 Å². The molecule has 3 heteroatoms. The van der Waals surface area contributed by atoms with Gasteiger partial charge in [0.15, 0.2) is 0 Å². The highest BCUT2D eigenvalue weighted by Gasteiger charge is 2.34. The smallest absolute Gasteiger partial charge is 0.249 e. The summed E-state index contributed by atoms with van der Waals surface area (Å²) in [6.45, 7) is 15.8. The molecular formula is C17H33NOSi. The van der Waals surface area contributed by atoms with Crippen LogP contribution >= 0.6 is 0 Å². The molecule has 0 spiro atoms. The molecule has 0 aliphatic carbocycles. The number of carbonyl (C=O) groups is 1. The summed E-state index contributed by atoms with van der Waals surface area (Å²) in [4.78, 5) is 14.8. The zero-order chi connectivity index (χ0) is 15.4. The van der Waals surface area contributed by atoms with Gasteiger partial charge in [-0.1, -0.05) is 52.9 Å². The predicted octanol–water partition coefficient (Wildman–Crippen LogP) is 4.77. The fourth-order valence-corrected chi connectivity index (χ4v) is 3.96. The average molecular weight is 296 g/mol. The highest BCUT2D eigenvalue weighted by Crippen LogP contribution is 2.38. The van der Waals surface area contributed by atoms with Crippen LogP contribution in [0.4, 0.5) is 0 Å². The third-order valence-corrected chi connectivity index (χ3v) is 9.87. The maximum Gasteiger partial charge on any atom is 0.249 e. The quantitative estimate of drug-likeness (QED) is 0.528. The van der Waals surface area contributed by atoms with E-state index in [1.165, 1.54) is 12.8 Å². The maximum atomic E-state index is 12.7. The van der Waals surface area contributed by atoms with E-state index in [0.29, 0.717) is 10.9 Å². The van der Waals surface area contributed by atoms with Crippen LogP contribution < -0.4 is 0 Å². The second kappa shape index (κ2) is 6.93. The van der Waals surface area contributed by atoms with E-state index in [1.54, 1.807) is 0 Å². The Morgan fingerprint density at radius 3 is 2.20 bits per heavy atom. The van der Waals surface area contributed by atoms with Gasteiger partial charge in [-0.25, -0.2) is 0 Å². The van der Waals surface area contributed by atoms with Crippen molar-refractivity contribution in [3.8, 4) is 0 Å². The molecular weight excluding hydrogens is 262 g/mol. The third kappa shape index (κ3) is 4.47. The molecule has 20 heavy (non-hydrogen) atoms. The van der Waals surface area contributed by atoms with Crippen molar-refractivity contribution < 1.29 is 4.79 Å². The molecule has 1 amide bonds. The van der Waals surface area contributed by atoms with E-state index in [2.05, 4.69) is 51.4 Å². The van der Waals surface area contributed by atoms with Crippen LogP contribution in [0.3, 0.4) is 0 Å². The number of amides is 1. The summed E-state index contributed by atoms with van der Waals surface area (Å²) in [7, 11) is -1.54. The van der Waals surface area contributed by atoms with Gasteiger partial charge in [0.2, 0.25) is 5.91 Å². The van der Waals surface area contributed by atoms with E-state index in [9.17, 15) is 4.79 Å². The van der Waals surface area contributed by atoms with E-state index >= 15 is 0 Å². The van der Waals surface area contributed by atoms with Crippen LogP contribution in [0.1, 0.15) is 59.8 Å². The lowest BCUT2D eigenvalue weighted by atomic mass is 10.1. The van der Waals surface area contributed by atoms with Crippen LogP contribution in [0, 0.1) is 0 Å². The first-order valence-corrected chi connectivity index (χ1v) is 11.3. The van der Waals surface area contributed by atoms with Gasteiger partial charge in [-0.15, -0.1) is 0 Å². The van der Waals surface area contributed by atoms with Gasteiger partial charge in [-0.3, -0.25) is 4.79 Å². The van der Waals surface area contributed by atoms with E-state index < -0.39 is 8.07 Å². The number of hydrogen-bond donors (Lipinski definition) is 0. The summed E-state index contributed by atoms with van der Waals surface area (Å²) in [6, 6.07) is 0. The Labute approximate surface area is 126 Å². The Hall–Kier alpha value is -0.573. The van der Waals surface area contributed by atoms with Crippen LogP contribution in [0.15, 0.2) is 11.3 Å². The second-order valence-corrected chi connectivity index (χ2v) is 13.0. The molecule has 2 nitrogen and oxygen atoms in total. The molecule has 0 unspecified atom stereocenters. The molecule has 0 aromatic heterocycles. The van der Waals surface area contributed by atoms with Crippen molar-refractivity contribution in [1.82, 2.24) is 4.90 Å². The molecule has 0 aromatic rings. The predicted molar refractivity (Wildman–Crippen MR) is 90.6 cm³/mol. The van der Waals surface area contributed by atoms with Crippen LogP contribution in [0.25, 0.3) is 0 Å². The van der Waals surface area contributed by atoms with Crippen molar-refractivity contribution in [3.63, 3.8) is 0 Å². The summed E-state index contributed by atoms with van der Waals surface area (Å²) >= 11 is 0. The van der Waals surface area contributed by atoms with Gasteiger partial charge in [-0.2, -0.15) is 0 Å². The van der Waals surface area contributed by atoms with Crippen LogP contribution in [-0.4, -0.2) is 32.0 Å². The van der Waals surface area contributed by atoms with E-state index in [1.807, 2.05) is 0 Å². The Balaban J connectivity index is 2.95. The van der Waals surface area contributed by atoms with Gasteiger partial charge in [0.05, 0.1) is 8.07 Å². The molecule has 1 fully saturated rings. The van der Waals surface area contributed by atoms with Gasteiger partial charge in [0, 0.05) is 18.7 Å². The molecule has 1 heterocycles. The van der Waals surface area contributed by atoms with Crippen molar-refractivity contribution in [1.29, 1.82) is 0 Å². The molecule has 116 valence electrons. The Morgan fingerprint density at radius 1 is 1.20 bits per heavy atom. The van der Waals surface area contributed by atoms with Crippen molar-refractivity contribution >= 4 is 14.0 Å². The minimum absolute atomic E-state index is 0.301. The number of nitrogens with zero attached hydrogens (tertiary/aromatic N) is 1. The number of rotatable bonds is 5. The topological polar surface area (TPSA) is 20.3 Å². The molecule has 0 saturated carbocycles. The van der Waals surface area contributed by atoms with Gasteiger partial charge < -0.3 is 4.90 Å². The number of likely N-dealkylation sites (tertiary alicyclic amines) is 1. The first-order valence-electron chi connectivity index (χ1n) is 8.20. The van der Waals surface area contributed by atoms with Crippen LogP contribution in [-0.2, 0) is 4.79 Å². The molecule has 0 atom stereocenters. The first kappa shape index (κ1) is 17.5. The van der Waals surface area contributed by atoms with Crippen molar-refractivity contribution in [2.24, 2.45) is 0 Å². The molecule has 0 bridgehead atoms. The standard InChI is InChI=1S/C17H33NOSi/c1-7-8-11-15(14-20(5,6)17(2,3)4)16(19)18-12-9-10-13-18/h14H,7-13H2,1-6H3/b15-14-. The molecule has 0 N–H and O–H groups in total. The SMILES string of the molecule is CCCC/C(=C/[Si](C)(C)C(C)(C)C)C(=O)N1CCCC1. The van der Waals surface area contributed by atoms with E-state index in [0.717, 1.165) is 37.9 Å². The minimum Gasteiger partial charge on any atom is -0.339 e. The maximum absolute atomic E-state index is 12.7. The Morgan fingerprint density at radius 2 is 1.75 bits per heavy atom. The normalized spacial score (nSPS) is 17.7. The van der Waals surface area contributed by atoms with Crippen molar-refractivity contribution in [2.45, 2.75) is 77.9 Å². The van der Waals surface area contributed by atoms with Gasteiger partial charge in [-0.05, 0) is 30.7 Å². The summed E-state index contributed by atoms with van der Waals surface area (Å²) in [5.74, 6) is 0.320. The third-order valence-electron chi connectivity index (χ3n) is 4.94. The van der Waals surface area contributed by atoms with Gasteiger partial charge in [0.25, 0.3) is 0 Å². The number of carbonyl (C=O) groups excluding carboxylic acids is 1. The molecule has 1 rings (SSSR count). The fraction of sp³-hybridized carbons (Fsp3) is 0.824. The zero-order valence-corrected chi connectivity index (χ0v) is 15.4. The fourth-order valence-electron chi connectivity index (χ4n) is 2.38. The lowest BCUT2D eigenvalue weighted by Gasteiger charge is -2.35.